The number of benzene rings is 2. The highest BCUT2D eigenvalue weighted by molar-refractivity contribution is 7.92. The molecule has 0 spiro atoms. The number of anilines is 1. The fourth-order valence-electron chi connectivity index (χ4n) is 2.38. The summed E-state index contributed by atoms with van der Waals surface area (Å²) in [7, 11) is -1.08. The lowest BCUT2D eigenvalue weighted by molar-refractivity contribution is -0.119. The van der Waals surface area contributed by atoms with Gasteiger partial charge in [-0.05, 0) is 24.3 Å². The minimum atomic E-state index is -4.00. The van der Waals surface area contributed by atoms with Crippen LogP contribution in [0.4, 0.5) is 5.69 Å². The molecular formula is C19H22N2O5S. The van der Waals surface area contributed by atoms with Crippen LogP contribution >= 0.6 is 0 Å². The Hall–Kier alpha value is -3.00. The lowest BCUT2D eigenvalue weighted by Crippen LogP contribution is -2.41. The van der Waals surface area contributed by atoms with Crippen LogP contribution in [-0.2, 0) is 14.8 Å². The maximum absolute atomic E-state index is 13.2. The van der Waals surface area contributed by atoms with E-state index in [-0.39, 0.29) is 22.9 Å². The lowest BCUT2D eigenvalue weighted by Gasteiger charge is -2.25. The molecule has 0 fully saturated rings. The second-order valence-corrected chi connectivity index (χ2v) is 7.32. The van der Waals surface area contributed by atoms with Crippen LogP contribution < -0.4 is 19.1 Å². The summed E-state index contributed by atoms with van der Waals surface area (Å²) in [5.74, 6) is 0.307. The van der Waals surface area contributed by atoms with Crippen molar-refractivity contribution >= 4 is 21.6 Å². The van der Waals surface area contributed by atoms with Gasteiger partial charge in [-0.25, -0.2) is 8.42 Å². The second-order valence-electron chi connectivity index (χ2n) is 5.46. The van der Waals surface area contributed by atoms with E-state index >= 15 is 0 Å². The van der Waals surface area contributed by atoms with E-state index in [4.69, 9.17) is 9.47 Å². The van der Waals surface area contributed by atoms with E-state index < -0.39 is 22.5 Å². The normalized spacial score (nSPS) is 10.7. The van der Waals surface area contributed by atoms with E-state index in [0.717, 1.165) is 4.31 Å². The van der Waals surface area contributed by atoms with Crippen molar-refractivity contribution in [2.45, 2.75) is 4.90 Å². The largest absolute Gasteiger partial charge is 0.497 e. The predicted molar refractivity (Wildman–Crippen MR) is 104 cm³/mol. The van der Waals surface area contributed by atoms with Crippen molar-refractivity contribution in [1.29, 1.82) is 0 Å². The third kappa shape index (κ3) is 4.79. The Morgan fingerprint density at radius 3 is 2.44 bits per heavy atom. The zero-order valence-corrected chi connectivity index (χ0v) is 16.0. The first-order valence-electron chi connectivity index (χ1n) is 8.11. The molecule has 0 atom stereocenters. The number of carbonyl (C=O) groups is 1. The van der Waals surface area contributed by atoms with Crippen LogP contribution in [0.2, 0.25) is 0 Å². The number of nitrogens with one attached hydrogen (secondary N) is 1. The SMILES string of the molecule is C=CCNC(=O)CN(c1ccc(OC)cc1OC)S(=O)(=O)c1ccccc1. The Kier molecular flexibility index (Phi) is 6.84. The van der Waals surface area contributed by atoms with E-state index in [9.17, 15) is 13.2 Å². The Balaban J connectivity index is 2.54. The summed E-state index contributed by atoms with van der Waals surface area (Å²) in [5.41, 5.74) is 0.232. The van der Waals surface area contributed by atoms with Crippen molar-refractivity contribution in [2.75, 3.05) is 31.6 Å². The summed E-state index contributed by atoms with van der Waals surface area (Å²) in [6.45, 7) is 3.36. The first-order chi connectivity index (χ1) is 12.9. The Labute approximate surface area is 159 Å². The molecule has 7 nitrogen and oxygen atoms in total. The van der Waals surface area contributed by atoms with E-state index in [2.05, 4.69) is 11.9 Å². The molecule has 0 saturated heterocycles. The third-order valence-electron chi connectivity index (χ3n) is 3.72. The molecule has 27 heavy (non-hydrogen) atoms. The van der Waals surface area contributed by atoms with Crippen molar-refractivity contribution in [3.8, 4) is 11.5 Å². The van der Waals surface area contributed by atoms with Gasteiger partial charge in [0.25, 0.3) is 10.0 Å². The quantitative estimate of drug-likeness (QED) is 0.664. The zero-order chi connectivity index (χ0) is 19.9. The average molecular weight is 390 g/mol. The van der Waals surface area contributed by atoms with Gasteiger partial charge in [0.15, 0.2) is 0 Å². The molecule has 0 radical (unpaired) electrons. The molecule has 1 N–H and O–H groups in total. The van der Waals surface area contributed by atoms with Crippen LogP contribution in [0.3, 0.4) is 0 Å². The van der Waals surface area contributed by atoms with Gasteiger partial charge in [0.1, 0.15) is 18.0 Å². The molecule has 2 rings (SSSR count). The molecule has 144 valence electrons. The topological polar surface area (TPSA) is 84.9 Å². The summed E-state index contributed by atoms with van der Waals surface area (Å²) < 4.78 is 37.9. The summed E-state index contributed by atoms with van der Waals surface area (Å²) in [6, 6.07) is 12.6. The Morgan fingerprint density at radius 2 is 1.85 bits per heavy atom. The molecular weight excluding hydrogens is 368 g/mol. The fourth-order valence-corrected chi connectivity index (χ4v) is 3.84. The highest BCUT2D eigenvalue weighted by Crippen LogP contribution is 2.35. The van der Waals surface area contributed by atoms with Gasteiger partial charge >= 0.3 is 0 Å². The Bertz CT molecular complexity index is 898. The van der Waals surface area contributed by atoms with Crippen molar-refractivity contribution in [2.24, 2.45) is 0 Å². The van der Waals surface area contributed by atoms with Gasteiger partial charge in [-0.2, -0.15) is 0 Å². The maximum atomic E-state index is 13.2. The highest BCUT2D eigenvalue weighted by atomic mass is 32.2. The van der Waals surface area contributed by atoms with Crippen LogP contribution in [0.15, 0.2) is 66.1 Å². The highest BCUT2D eigenvalue weighted by Gasteiger charge is 2.29. The zero-order valence-electron chi connectivity index (χ0n) is 15.2. The number of ether oxygens (including phenoxy) is 2. The number of hydrogen-bond acceptors (Lipinski definition) is 5. The van der Waals surface area contributed by atoms with Gasteiger partial charge in [-0.3, -0.25) is 9.10 Å². The van der Waals surface area contributed by atoms with E-state index in [1.807, 2.05) is 0 Å². The fraction of sp³-hybridized carbons (Fsp3) is 0.211. The molecule has 0 aromatic heterocycles. The van der Waals surface area contributed by atoms with Crippen molar-refractivity contribution in [3.05, 3.63) is 61.2 Å². The number of amides is 1. The van der Waals surface area contributed by atoms with Crippen LogP contribution in [0.1, 0.15) is 0 Å². The van der Waals surface area contributed by atoms with Crippen LogP contribution in [0, 0.1) is 0 Å². The molecule has 0 bridgehead atoms. The van der Waals surface area contributed by atoms with Gasteiger partial charge < -0.3 is 14.8 Å². The molecule has 0 saturated carbocycles. The van der Waals surface area contributed by atoms with Gasteiger partial charge in [-0.15, -0.1) is 6.58 Å². The lowest BCUT2D eigenvalue weighted by atomic mass is 10.2. The first-order valence-corrected chi connectivity index (χ1v) is 9.55. The average Bonchev–Trinajstić information content (AvgIpc) is 2.70. The molecule has 2 aromatic rings. The number of methoxy groups -OCH3 is 2. The predicted octanol–water partition coefficient (Wildman–Crippen LogP) is 2.20. The number of carbonyl (C=O) groups excluding carboxylic acids is 1. The molecule has 2 aromatic carbocycles. The van der Waals surface area contributed by atoms with Crippen molar-refractivity contribution in [1.82, 2.24) is 5.32 Å². The van der Waals surface area contributed by atoms with E-state index in [1.54, 1.807) is 36.4 Å². The summed E-state index contributed by atoms with van der Waals surface area (Å²) >= 11 is 0. The number of sulfonamides is 1. The number of nitrogens with zero attached hydrogens (tertiary/aromatic N) is 1. The van der Waals surface area contributed by atoms with Gasteiger partial charge in [0.2, 0.25) is 5.91 Å². The molecule has 8 heteroatoms. The van der Waals surface area contributed by atoms with Gasteiger partial charge in [-0.1, -0.05) is 24.3 Å². The molecule has 0 aliphatic carbocycles. The minimum Gasteiger partial charge on any atom is -0.497 e. The number of hydrogen-bond donors (Lipinski definition) is 1. The molecule has 0 aliphatic rings. The van der Waals surface area contributed by atoms with E-state index in [1.165, 1.54) is 32.4 Å². The van der Waals surface area contributed by atoms with Crippen molar-refractivity contribution in [3.63, 3.8) is 0 Å². The monoisotopic (exact) mass is 390 g/mol. The maximum Gasteiger partial charge on any atom is 0.264 e. The van der Waals surface area contributed by atoms with E-state index in [0.29, 0.717) is 5.75 Å². The van der Waals surface area contributed by atoms with Crippen LogP contribution in [-0.4, -0.2) is 41.6 Å². The van der Waals surface area contributed by atoms with Crippen molar-refractivity contribution < 1.29 is 22.7 Å². The molecule has 0 aliphatic heterocycles. The van der Waals surface area contributed by atoms with Crippen LogP contribution in [0.25, 0.3) is 0 Å². The molecule has 0 unspecified atom stereocenters. The summed E-state index contributed by atoms with van der Waals surface area (Å²) in [4.78, 5) is 12.3. The molecule has 1 amide bonds. The standard InChI is InChI=1S/C19H22N2O5S/c1-4-12-20-19(22)14-21(27(23,24)16-8-6-5-7-9-16)17-11-10-15(25-2)13-18(17)26-3/h4-11,13H,1,12,14H2,2-3H3,(H,20,22). The summed E-state index contributed by atoms with van der Waals surface area (Å²) in [6.07, 6.45) is 1.52. The van der Waals surface area contributed by atoms with Crippen LogP contribution in [0.5, 0.6) is 11.5 Å². The van der Waals surface area contributed by atoms with Gasteiger partial charge in [0, 0.05) is 12.6 Å². The first kappa shape index (κ1) is 20.3. The smallest absolute Gasteiger partial charge is 0.264 e. The number of rotatable bonds is 9. The summed E-state index contributed by atoms with van der Waals surface area (Å²) in [5, 5.41) is 2.59. The Morgan fingerprint density at radius 1 is 1.15 bits per heavy atom. The molecule has 0 heterocycles. The third-order valence-corrected chi connectivity index (χ3v) is 5.49. The second kappa shape index (κ2) is 9.09. The van der Waals surface area contributed by atoms with Gasteiger partial charge in [0.05, 0.1) is 24.8 Å². The minimum absolute atomic E-state index is 0.0689.